The van der Waals surface area contributed by atoms with Gasteiger partial charge in [0.2, 0.25) is 0 Å². The average molecular weight is 477 g/mol. The van der Waals surface area contributed by atoms with Crippen LogP contribution in [0.2, 0.25) is 5.02 Å². The minimum absolute atomic E-state index is 0.0362. The second-order valence-electron chi connectivity index (χ2n) is 11.1. The molecule has 33 heavy (non-hydrogen) atoms. The summed E-state index contributed by atoms with van der Waals surface area (Å²) in [6.45, 7) is 8.50. The molecule has 5 rings (SSSR count). The van der Waals surface area contributed by atoms with Gasteiger partial charge >= 0.3 is 5.97 Å². The number of benzene rings is 1. The largest absolute Gasteiger partial charge is 0.462 e. The van der Waals surface area contributed by atoms with Crippen LogP contribution in [0.15, 0.2) is 24.3 Å². The zero-order valence-electron chi connectivity index (χ0n) is 20.1. The van der Waals surface area contributed by atoms with Crippen LogP contribution in [0.4, 0.5) is 5.69 Å². The first-order valence-electron chi connectivity index (χ1n) is 12.4. The molecule has 4 fully saturated rings. The number of anilines is 1. The summed E-state index contributed by atoms with van der Waals surface area (Å²) in [5.41, 5.74) is -0.697. The number of rotatable bonds is 4. The molecule has 2 saturated heterocycles. The molecule has 4 aliphatic rings. The summed E-state index contributed by atoms with van der Waals surface area (Å²) >= 11 is 6.17. The van der Waals surface area contributed by atoms with Crippen molar-refractivity contribution in [2.24, 2.45) is 17.3 Å². The van der Waals surface area contributed by atoms with Crippen LogP contribution in [0.3, 0.4) is 0 Å². The van der Waals surface area contributed by atoms with Gasteiger partial charge in [0.05, 0.1) is 17.1 Å². The Labute approximate surface area is 202 Å². The fourth-order valence-corrected chi connectivity index (χ4v) is 7.42. The Balaban J connectivity index is 1.28. The summed E-state index contributed by atoms with van der Waals surface area (Å²) in [6.07, 6.45) is 4.00. The Morgan fingerprint density at radius 1 is 1.18 bits per heavy atom. The minimum atomic E-state index is -0.953. The van der Waals surface area contributed by atoms with E-state index in [0.717, 1.165) is 62.6 Å². The summed E-state index contributed by atoms with van der Waals surface area (Å²) < 4.78 is 11.9. The van der Waals surface area contributed by atoms with Gasteiger partial charge in [-0.3, -0.25) is 9.69 Å². The third-order valence-corrected chi connectivity index (χ3v) is 9.69. The van der Waals surface area contributed by atoms with Crippen LogP contribution in [0.5, 0.6) is 0 Å². The van der Waals surface area contributed by atoms with E-state index in [1.54, 1.807) is 7.11 Å². The Bertz CT molecular complexity index is 906. The smallest absolute Gasteiger partial charge is 0.310 e. The zero-order valence-corrected chi connectivity index (χ0v) is 20.8. The molecule has 2 aliphatic heterocycles. The Morgan fingerprint density at radius 3 is 2.64 bits per heavy atom. The van der Waals surface area contributed by atoms with E-state index in [1.807, 2.05) is 25.1 Å². The van der Waals surface area contributed by atoms with Crippen molar-refractivity contribution >= 4 is 23.3 Å². The molecule has 0 aromatic heterocycles. The maximum atomic E-state index is 13.0. The van der Waals surface area contributed by atoms with E-state index in [1.165, 1.54) is 0 Å². The topological polar surface area (TPSA) is 62.2 Å². The molecule has 2 heterocycles. The lowest BCUT2D eigenvalue weighted by Gasteiger charge is -2.62. The van der Waals surface area contributed by atoms with E-state index in [9.17, 15) is 9.90 Å². The van der Waals surface area contributed by atoms with Gasteiger partial charge in [-0.05, 0) is 57.2 Å². The average Bonchev–Trinajstić information content (AvgIpc) is 3.07. The van der Waals surface area contributed by atoms with Crippen LogP contribution < -0.4 is 4.90 Å². The number of ether oxygens (including phenoxy) is 2. The first kappa shape index (κ1) is 23.4. The third kappa shape index (κ3) is 3.78. The number of hydrogen-bond acceptors (Lipinski definition) is 6. The molecule has 2 saturated carbocycles. The van der Waals surface area contributed by atoms with Crippen LogP contribution in [0.25, 0.3) is 0 Å². The van der Waals surface area contributed by atoms with Crippen molar-refractivity contribution in [3.05, 3.63) is 29.3 Å². The van der Waals surface area contributed by atoms with E-state index in [4.69, 9.17) is 21.1 Å². The molecule has 0 amide bonds. The van der Waals surface area contributed by atoms with E-state index in [-0.39, 0.29) is 29.3 Å². The zero-order chi connectivity index (χ0) is 23.4. The van der Waals surface area contributed by atoms with Crippen LogP contribution in [-0.4, -0.2) is 73.1 Å². The number of aliphatic hydroxyl groups is 1. The van der Waals surface area contributed by atoms with Gasteiger partial charge in [0.25, 0.3) is 0 Å². The van der Waals surface area contributed by atoms with E-state index >= 15 is 0 Å². The van der Waals surface area contributed by atoms with Crippen molar-refractivity contribution in [2.45, 2.75) is 63.3 Å². The molecule has 6 nitrogen and oxygen atoms in total. The number of fused-ring (bicyclic) bond motifs is 2. The van der Waals surface area contributed by atoms with Crippen molar-refractivity contribution in [1.82, 2.24) is 4.90 Å². The lowest BCUT2D eigenvalue weighted by Crippen LogP contribution is -2.69. The van der Waals surface area contributed by atoms with Gasteiger partial charge in [-0.1, -0.05) is 24.6 Å². The fraction of sp³-hybridized carbons (Fsp3) is 0.731. The molecule has 0 unspecified atom stereocenters. The summed E-state index contributed by atoms with van der Waals surface area (Å²) in [4.78, 5) is 17.7. The highest BCUT2D eigenvalue weighted by molar-refractivity contribution is 6.30. The van der Waals surface area contributed by atoms with Crippen LogP contribution in [-0.2, 0) is 14.3 Å². The van der Waals surface area contributed by atoms with Gasteiger partial charge in [0.15, 0.2) is 0 Å². The number of carbonyl (C=O) groups excluding carboxylic acids is 1. The van der Waals surface area contributed by atoms with Gasteiger partial charge in [0.1, 0.15) is 6.10 Å². The maximum Gasteiger partial charge on any atom is 0.310 e. The second-order valence-corrected chi connectivity index (χ2v) is 11.6. The minimum Gasteiger partial charge on any atom is -0.462 e. The van der Waals surface area contributed by atoms with E-state index in [2.05, 4.69) is 22.8 Å². The summed E-state index contributed by atoms with van der Waals surface area (Å²) in [7, 11) is 1.71. The molecule has 182 valence electrons. The molecular formula is C26H37ClN2O4. The van der Waals surface area contributed by atoms with Crippen LogP contribution in [0.1, 0.15) is 46.0 Å². The normalized spacial score (nSPS) is 41.4. The molecule has 0 bridgehead atoms. The fourth-order valence-electron chi connectivity index (χ4n) is 7.23. The first-order valence-corrected chi connectivity index (χ1v) is 12.8. The molecule has 0 spiro atoms. The van der Waals surface area contributed by atoms with E-state index in [0.29, 0.717) is 13.0 Å². The number of halogens is 1. The standard InChI is InChI=1S/C26H37ClN2O4/c1-24-8-5-9-25(2,32-3)26(24,31)15-20-21(23(30)33-22(20)16-24)17-28-10-12-29(13-11-28)19-7-4-6-18(27)14-19/h4,6-7,14,20-22,31H,5,8-13,15-17H2,1-3H3/t20-,21+,22-,24-,25-,26-/m1/s1. The lowest BCUT2D eigenvalue weighted by molar-refractivity contribution is -0.270. The summed E-state index contributed by atoms with van der Waals surface area (Å²) in [5, 5.41) is 12.8. The Kier molecular flexibility index (Phi) is 5.96. The van der Waals surface area contributed by atoms with Crippen LogP contribution >= 0.6 is 11.6 Å². The number of carbonyl (C=O) groups is 1. The van der Waals surface area contributed by atoms with Crippen molar-refractivity contribution in [3.8, 4) is 0 Å². The molecule has 6 atom stereocenters. The molecule has 1 aromatic carbocycles. The van der Waals surface area contributed by atoms with Gasteiger partial charge in [-0.25, -0.2) is 0 Å². The van der Waals surface area contributed by atoms with Gasteiger partial charge in [-0.2, -0.15) is 0 Å². The number of nitrogens with zero attached hydrogens (tertiary/aromatic N) is 2. The summed E-state index contributed by atoms with van der Waals surface area (Å²) in [5.74, 6) is -0.245. The van der Waals surface area contributed by atoms with Crippen LogP contribution in [0, 0.1) is 17.3 Å². The van der Waals surface area contributed by atoms with E-state index < -0.39 is 11.2 Å². The predicted octanol–water partition coefficient (Wildman–Crippen LogP) is 3.74. The highest BCUT2D eigenvalue weighted by Gasteiger charge is 2.67. The number of piperazine rings is 1. The highest BCUT2D eigenvalue weighted by Crippen LogP contribution is 2.61. The SMILES string of the molecule is CO[C@]1(C)CCC[C@]2(C)C[C@H]3OC(=O)[C@@H](CN4CCN(c5cccc(Cl)c5)CC4)[C@H]3C[C@@]21O. The Hall–Kier alpha value is -1.34. The highest BCUT2D eigenvalue weighted by atomic mass is 35.5. The number of methoxy groups -OCH3 is 1. The van der Waals surface area contributed by atoms with Gasteiger partial charge in [-0.15, -0.1) is 0 Å². The molecule has 1 N–H and O–H groups in total. The van der Waals surface area contributed by atoms with Gasteiger partial charge < -0.3 is 19.5 Å². The van der Waals surface area contributed by atoms with Crippen molar-refractivity contribution in [2.75, 3.05) is 44.7 Å². The quantitative estimate of drug-likeness (QED) is 0.668. The third-order valence-electron chi connectivity index (χ3n) is 9.45. The molecular weight excluding hydrogens is 440 g/mol. The number of esters is 1. The van der Waals surface area contributed by atoms with Crippen molar-refractivity contribution < 1.29 is 19.4 Å². The molecule has 1 aromatic rings. The number of hydrogen-bond donors (Lipinski definition) is 1. The maximum absolute atomic E-state index is 13.0. The Morgan fingerprint density at radius 2 is 1.94 bits per heavy atom. The molecule has 2 aliphatic carbocycles. The predicted molar refractivity (Wildman–Crippen MR) is 129 cm³/mol. The first-order chi connectivity index (χ1) is 15.7. The second kappa shape index (κ2) is 8.40. The lowest BCUT2D eigenvalue weighted by atomic mass is 9.49. The van der Waals surface area contributed by atoms with Gasteiger partial charge in [0, 0.05) is 61.9 Å². The monoisotopic (exact) mass is 476 g/mol. The van der Waals surface area contributed by atoms with Crippen molar-refractivity contribution in [1.29, 1.82) is 0 Å². The molecule has 7 heteroatoms. The molecule has 0 radical (unpaired) electrons. The summed E-state index contributed by atoms with van der Waals surface area (Å²) in [6, 6.07) is 7.98. The van der Waals surface area contributed by atoms with Crippen molar-refractivity contribution in [3.63, 3.8) is 0 Å².